The standard InChI is InChI=1S/C13H20N2O/c1-11-4-3-5-12(13(11)16)10-15-8-6-14(2)7-9-15/h3-5,16H,6-10H2,1-2H3. The van der Waals surface area contributed by atoms with Gasteiger partial charge >= 0.3 is 0 Å². The van der Waals surface area contributed by atoms with Crippen molar-refractivity contribution in [2.75, 3.05) is 33.2 Å². The van der Waals surface area contributed by atoms with Crippen LogP contribution in [-0.2, 0) is 6.54 Å². The Bertz CT molecular complexity index is 357. The Balaban J connectivity index is 2.01. The van der Waals surface area contributed by atoms with Gasteiger partial charge in [0.2, 0.25) is 0 Å². The molecule has 1 aromatic rings. The smallest absolute Gasteiger partial charge is 0.122 e. The number of likely N-dealkylation sites (N-methyl/N-ethyl adjacent to an activating group) is 1. The van der Waals surface area contributed by atoms with E-state index in [1.165, 1.54) is 0 Å². The highest BCUT2D eigenvalue weighted by Gasteiger charge is 2.15. The molecule has 1 aliphatic heterocycles. The Morgan fingerprint density at radius 3 is 2.56 bits per heavy atom. The number of piperazine rings is 1. The Morgan fingerprint density at radius 2 is 1.88 bits per heavy atom. The summed E-state index contributed by atoms with van der Waals surface area (Å²) in [7, 11) is 2.15. The lowest BCUT2D eigenvalue weighted by Crippen LogP contribution is -2.43. The maximum absolute atomic E-state index is 9.94. The molecule has 1 aliphatic rings. The van der Waals surface area contributed by atoms with E-state index in [0.717, 1.165) is 43.9 Å². The molecule has 0 amide bonds. The molecule has 3 heteroatoms. The molecule has 1 aromatic carbocycles. The quantitative estimate of drug-likeness (QED) is 0.817. The average Bonchev–Trinajstić information content (AvgIpc) is 2.28. The number of benzene rings is 1. The molecular weight excluding hydrogens is 200 g/mol. The fourth-order valence-electron chi connectivity index (χ4n) is 2.09. The van der Waals surface area contributed by atoms with E-state index < -0.39 is 0 Å². The maximum Gasteiger partial charge on any atom is 0.122 e. The average molecular weight is 220 g/mol. The van der Waals surface area contributed by atoms with Crippen LogP contribution in [0.15, 0.2) is 18.2 Å². The molecule has 0 spiro atoms. The van der Waals surface area contributed by atoms with Crippen molar-refractivity contribution in [3.8, 4) is 5.75 Å². The minimum Gasteiger partial charge on any atom is -0.507 e. The van der Waals surface area contributed by atoms with Crippen LogP contribution >= 0.6 is 0 Å². The van der Waals surface area contributed by atoms with E-state index >= 15 is 0 Å². The van der Waals surface area contributed by atoms with Crippen molar-refractivity contribution < 1.29 is 5.11 Å². The summed E-state index contributed by atoms with van der Waals surface area (Å²) in [6, 6.07) is 5.98. The van der Waals surface area contributed by atoms with Crippen molar-refractivity contribution >= 4 is 0 Å². The Labute approximate surface area is 97.3 Å². The van der Waals surface area contributed by atoms with Crippen LogP contribution in [-0.4, -0.2) is 48.1 Å². The van der Waals surface area contributed by atoms with Crippen LogP contribution in [0.3, 0.4) is 0 Å². The first-order chi connectivity index (χ1) is 7.66. The topological polar surface area (TPSA) is 26.7 Å². The van der Waals surface area contributed by atoms with Gasteiger partial charge in [0.05, 0.1) is 0 Å². The molecule has 1 fully saturated rings. The van der Waals surface area contributed by atoms with E-state index in [9.17, 15) is 5.11 Å². The van der Waals surface area contributed by atoms with Gasteiger partial charge in [-0.15, -0.1) is 0 Å². The lowest BCUT2D eigenvalue weighted by Gasteiger charge is -2.32. The second kappa shape index (κ2) is 4.85. The van der Waals surface area contributed by atoms with E-state index in [0.29, 0.717) is 5.75 Å². The first-order valence-corrected chi connectivity index (χ1v) is 5.85. The predicted octanol–water partition coefficient (Wildman–Crippen LogP) is 1.45. The number of rotatable bonds is 2. The van der Waals surface area contributed by atoms with Crippen LogP contribution in [0.1, 0.15) is 11.1 Å². The van der Waals surface area contributed by atoms with Crippen LogP contribution < -0.4 is 0 Å². The summed E-state index contributed by atoms with van der Waals surface area (Å²) >= 11 is 0. The number of aromatic hydroxyl groups is 1. The van der Waals surface area contributed by atoms with Crippen molar-refractivity contribution in [2.45, 2.75) is 13.5 Å². The van der Waals surface area contributed by atoms with Gasteiger partial charge in [0, 0.05) is 38.3 Å². The Hall–Kier alpha value is -1.06. The lowest BCUT2D eigenvalue weighted by atomic mass is 10.1. The third-order valence-electron chi connectivity index (χ3n) is 3.31. The summed E-state index contributed by atoms with van der Waals surface area (Å²) in [5.74, 6) is 0.460. The SMILES string of the molecule is Cc1cccc(CN2CCN(C)CC2)c1O. The van der Waals surface area contributed by atoms with Crippen molar-refractivity contribution in [3.63, 3.8) is 0 Å². The zero-order chi connectivity index (χ0) is 11.5. The number of nitrogens with zero attached hydrogens (tertiary/aromatic N) is 2. The molecule has 88 valence electrons. The third-order valence-corrected chi connectivity index (χ3v) is 3.31. The van der Waals surface area contributed by atoms with E-state index in [1.54, 1.807) is 0 Å². The molecule has 16 heavy (non-hydrogen) atoms. The highest BCUT2D eigenvalue weighted by atomic mass is 16.3. The summed E-state index contributed by atoms with van der Waals surface area (Å²) in [6.45, 7) is 7.22. The number of para-hydroxylation sites is 1. The van der Waals surface area contributed by atoms with E-state index in [-0.39, 0.29) is 0 Å². The van der Waals surface area contributed by atoms with Gasteiger partial charge in [-0.2, -0.15) is 0 Å². The first kappa shape index (κ1) is 11.4. The molecule has 0 aliphatic carbocycles. The molecule has 0 saturated carbocycles. The summed E-state index contributed by atoms with van der Waals surface area (Å²) in [4.78, 5) is 4.74. The van der Waals surface area contributed by atoms with E-state index in [2.05, 4.69) is 16.8 Å². The molecule has 0 bridgehead atoms. The van der Waals surface area contributed by atoms with Gasteiger partial charge in [-0.3, -0.25) is 4.90 Å². The molecule has 0 atom stereocenters. The molecule has 3 nitrogen and oxygen atoms in total. The van der Waals surface area contributed by atoms with Gasteiger partial charge in [0.1, 0.15) is 5.75 Å². The number of phenols is 1. The van der Waals surface area contributed by atoms with Crippen LogP contribution in [0.5, 0.6) is 5.75 Å². The summed E-state index contributed by atoms with van der Waals surface area (Å²) < 4.78 is 0. The monoisotopic (exact) mass is 220 g/mol. The van der Waals surface area contributed by atoms with Crippen LogP contribution in [0.2, 0.25) is 0 Å². The number of phenolic OH excluding ortho intramolecular Hbond substituents is 1. The third kappa shape index (κ3) is 2.54. The molecule has 0 radical (unpaired) electrons. The highest BCUT2D eigenvalue weighted by molar-refractivity contribution is 5.39. The normalized spacial score (nSPS) is 18.9. The van der Waals surface area contributed by atoms with E-state index in [4.69, 9.17) is 0 Å². The molecular formula is C13H20N2O. The second-order valence-corrected chi connectivity index (χ2v) is 4.66. The van der Waals surface area contributed by atoms with Crippen molar-refractivity contribution in [3.05, 3.63) is 29.3 Å². The van der Waals surface area contributed by atoms with Crippen molar-refractivity contribution in [1.29, 1.82) is 0 Å². The fraction of sp³-hybridized carbons (Fsp3) is 0.538. The molecule has 1 heterocycles. The van der Waals surface area contributed by atoms with Crippen LogP contribution in [0.25, 0.3) is 0 Å². The Morgan fingerprint density at radius 1 is 1.19 bits per heavy atom. The summed E-state index contributed by atoms with van der Waals surface area (Å²) in [5, 5.41) is 9.94. The first-order valence-electron chi connectivity index (χ1n) is 5.85. The molecule has 1 N–H and O–H groups in total. The minimum atomic E-state index is 0.460. The minimum absolute atomic E-state index is 0.460. The summed E-state index contributed by atoms with van der Waals surface area (Å²) in [5.41, 5.74) is 2.01. The molecule has 0 aromatic heterocycles. The number of hydrogen-bond donors (Lipinski definition) is 1. The van der Waals surface area contributed by atoms with Crippen LogP contribution in [0.4, 0.5) is 0 Å². The highest BCUT2D eigenvalue weighted by Crippen LogP contribution is 2.23. The zero-order valence-corrected chi connectivity index (χ0v) is 10.1. The van der Waals surface area contributed by atoms with Gasteiger partial charge in [0.15, 0.2) is 0 Å². The van der Waals surface area contributed by atoms with Gasteiger partial charge in [0.25, 0.3) is 0 Å². The lowest BCUT2D eigenvalue weighted by molar-refractivity contribution is 0.147. The molecule has 1 saturated heterocycles. The Kier molecular flexibility index (Phi) is 3.46. The zero-order valence-electron chi connectivity index (χ0n) is 10.1. The fourth-order valence-corrected chi connectivity index (χ4v) is 2.09. The van der Waals surface area contributed by atoms with Gasteiger partial charge in [-0.25, -0.2) is 0 Å². The number of aryl methyl sites for hydroxylation is 1. The van der Waals surface area contributed by atoms with E-state index in [1.807, 2.05) is 25.1 Å². The molecule has 0 unspecified atom stereocenters. The van der Waals surface area contributed by atoms with Crippen LogP contribution in [0, 0.1) is 6.92 Å². The van der Waals surface area contributed by atoms with Gasteiger partial charge < -0.3 is 10.0 Å². The second-order valence-electron chi connectivity index (χ2n) is 4.66. The van der Waals surface area contributed by atoms with Gasteiger partial charge in [-0.1, -0.05) is 18.2 Å². The molecule has 2 rings (SSSR count). The summed E-state index contributed by atoms with van der Waals surface area (Å²) in [6.07, 6.45) is 0. The van der Waals surface area contributed by atoms with Crippen molar-refractivity contribution in [2.24, 2.45) is 0 Å². The van der Waals surface area contributed by atoms with Crippen molar-refractivity contribution in [1.82, 2.24) is 9.80 Å². The number of hydrogen-bond acceptors (Lipinski definition) is 3. The largest absolute Gasteiger partial charge is 0.507 e. The van der Waals surface area contributed by atoms with Gasteiger partial charge in [-0.05, 0) is 19.5 Å². The maximum atomic E-state index is 9.94. The predicted molar refractivity (Wildman–Crippen MR) is 65.6 cm³/mol.